The highest BCUT2D eigenvalue weighted by Crippen LogP contribution is 2.22. The molecule has 0 bridgehead atoms. The minimum absolute atomic E-state index is 0.0942. The monoisotopic (exact) mass is 303 g/mol. The van der Waals surface area contributed by atoms with E-state index in [1.54, 1.807) is 0 Å². The molecule has 22 heavy (non-hydrogen) atoms. The van der Waals surface area contributed by atoms with E-state index in [-0.39, 0.29) is 6.03 Å². The van der Waals surface area contributed by atoms with Crippen LogP contribution in [0.25, 0.3) is 0 Å². The van der Waals surface area contributed by atoms with Crippen molar-refractivity contribution < 1.29 is 4.79 Å². The highest BCUT2D eigenvalue weighted by Gasteiger charge is 2.21. The molecule has 0 aromatic heterocycles. The van der Waals surface area contributed by atoms with Crippen molar-refractivity contribution in [3.63, 3.8) is 0 Å². The molecule has 1 N–H and O–H groups in total. The molecule has 2 rings (SSSR count). The van der Waals surface area contributed by atoms with Crippen molar-refractivity contribution in [1.82, 2.24) is 10.2 Å². The van der Waals surface area contributed by atoms with Gasteiger partial charge in [-0.3, -0.25) is 0 Å². The number of hydrogen-bond donors (Lipinski definition) is 1. The van der Waals surface area contributed by atoms with Crippen molar-refractivity contribution >= 4 is 11.7 Å². The maximum absolute atomic E-state index is 12.1. The summed E-state index contributed by atoms with van der Waals surface area (Å²) in [4.78, 5) is 16.5. The van der Waals surface area contributed by atoms with E-state index in [0.29, 0.717) is 0 Å². The summed E-state index contributed by atoms with van der Waals surface area (Å²) in [5.41, 5.74) is 3.91. The van der Waals surface area contributed by atoms with Crippen LogP contribution in [0.2, 0.25) is 0 Å². The fourth-order valence-corrected chi connectivity index (χ4v) is 2.89. The van der Waals surface area contributed by atoms with Gasteiger partial charge in [-0.15, -0.1) is 0 Å². The zero-order valence-corrected chi connectivity index (χ0v) is 14.2. The fourth-order valence-electron chi connectivity index (χ4n) is 2.89. The lowest BCUT2D eigenvalue weighted by Crippen LogP contribution is -2.52. The Bertz CT molecular complexity index is 493. The molecule has 1 aliphatic rings. The number of nitrogens with zero attached hydrogens (tertiary/aromatic N) is 2. The number of hydrogen-bond acceptors (Lipinski definition) is 2. The number of rotatable bonds is 5. The van der Waals surface area contributed by atoms with Gasteiger partial charge < -0.3 is 15.1 Å². The van der Waals surface area contributed by atoms with Crippen molar-refractivity contribution in [3.8, 4) is 0 Å². The number of nitrogens with one attached hydrogen (secondary N) is 1. The Kier molecular flexibility index (Phi) is 6.10. The van der Waals surface area contributed by atoms with E-state index in [2.05, 4.69) is 49.2 Å². The third kappa shape index (κ3) is 4.39. The molecule has 4 heteroatoms. The van der Waals surface area contributed by atoms with Crippen LogP contribution in [0.3, 0.4) is 0 Å². The lowest BCUT2D eigenvalue weighted by atomic mass is 10.1. The van der Waals surface area contributed by atoms with Crippen molar-refractivity contribution in [2.45, 2.75) is 40.0 Å². The molecule has 122 valence electrons. The first-order chi connectivity index (χ1) is 10.6. The minimum atomic E-state index is 0.0942. The molecule has 1 aliphatic heterocycles. The fraction of sp³-hybridized carbons (Fsp3) is 0.611. The van der Waals surface area contributed by atoms with Crippen molar-refractivity contribution in [2.24, 2.45) is 0 Å². The van der Waals surface area contributed by atoms with E-state index < -0.39 is 0 Å². The second kappa shape index (κ2) is 8.06. The summed E-state index contributed by atoms with van der Waals surface area (Å²) in [6, 6.07) is 6.67. The van der Waals surface area contributed by atoms with Crippen LogP contribution < -0.4 is 10.2 Å². The molecule has 0 atom stereocenters. The summed E-state index contributed by atoms with van der Waals surface area (Å²) in [5.74, 6) is 0. The first-order valence-corrected chi connectivity index (χ1v) is 8.46. The van der Waals surface area contributed by atoms with E-state index >= 15 is 0 Å². The third-order valence-electron chi connectivity index (χ3n) is 4.33. The Labute approximate surface area is 134 Å². The first kappa shape index (κ1) is 16.7. The molecule has 1 heterocycles. The molecule has 1 saturated heterocycles. The Morgan fingerprint density at radius 2 is 1.86 bits per heavy atom. The SMILES string of the molecule is CCCCCNC(=O)N1CCN(c2cc(C)ccc2C)CC1. The first-order valence-electron chi connectivity index (χ1n) is 8.46. The van der Waals surface area contributed by atoms with Gasteiger partial charge in [0, 0.05) is 38.4 Å². The van der Waals surface area contributed by atoms with Gasteiger partial charge in [0.05, 0.1) is 0 Å². The molecule has 0 radical (unpaired) electrons. The average Bonchev–Trinajstić information content (AvgIpc) is 2.54. The summed E-state index contributed by atoms with van der Waals surface area (Å²) in [5, 5.41) is 3.03. The minimum Gasteiger partial charge on any atom is -0.368 e. The maximum Gasteiger partial charge on any atom is 0.317 e. The summed E-state index contributed by atoms with van der Waals surface area (Å²) in [7, 11) is 0. The van der Waals surface area contributed by atoms with Gasteiger partial charge >= 0.3 is 6.03 Å². The zero-order chi connectivity index (χ0) is 15.9. The Morgan fingerprint density at radius 3 is 2.55 bits per heavy atom. The van der Waals surface area contributed by atoms with Gasteiger partial charge in [0.15, 0.2) is 0 Å². The molecule has 1 aromatic rings. The highest BCUT2D eigenvalue weighted by atomic mass is 16.2. The second-order valence-electron chi connectivity index (χ2n) is 6.20. The summed E-state index contributed by atoms with van der Waals surface area (Å²) in [6.07, 6.45) is 3.44. The predicted octanol–water partition coefficient (Wildman–Crippen LogP) is 3.33. The number of unbranched alkanes of at least 4 members (excludes halogenated alkanes) is 2. The number of anilines is 1. The largest absolute Gasteiger partial charge is 0.368 e. The lowest BCUT2D eigenvalue weighted by Gasteiger charge is -2.37. The highest BCUT2D eigenvalue weighted by molar-refractivity contribution is 5.74. The number of benzene rings is 1. The molecule has 0 unspecified atom stereocenters. The van der Waals surface area contributed by atoms with Crippen LogP contribution in [0.4, 0.5) is 10.5 Å². The van der Waals surface area contributed by atoms with Gasteiger partial charge in [0.1, 0.15) is 0 Å². The van der Waals surface area contributed by atoms with Gasteiger partial charge in [0.2, 0.25) is 0 Å². The Morgan fingerprint density at radius 1 is 1.14 bits per heavy atom. The molecule has 0 saturated carbocycles. The van der Waals surface area contributed by atoms with Crippen LogP contribution in [-0.4, -0.2) is 43.7 Å². The number of amides is 2. The molecule has 0 aliphatic carbocycles. The molecule has 4 nitrogen and oxygen atoms in total. The topological polar surface area (TPSA) is 35.6 Å². The number of piperazine rings is 1. The van der Waals surface area contributed by atoms with Crippen LogP contribution in [0.1, 0.15) is 37.3 Å². The third-order valence-corrected chi connectivity index (χ3v) is 4.33. The lowest BCUT2D eigenvalue weighted by molar-refractivity contribution is 0.194. The van der Waals surface area contributed by atoms with Crippen LogP contribution in [0, 0.1) is 13.8 Å². The number of aryl methyl sites for hydroxylation is 2. The molecule has 2 amide bonds. The average molecular weight is 303 g/mol. The quantitative estimate of drug-likeness (QED) is 0.847. The summed E-state index contributed by atoms with van der Waals surface area (Å²) < 4.78 is 0. The van der Waals surface area contributed by atoms with E-state index in [9.17, 15) is 4.79 Å². The number of urea groups is 1. The molecule has 1 fully saturated rings. The van der Waals surface area contributed by atoms with Crippen molar-refractivity contribution in [3.05, 3.63) is 29.3 Å². The van der Waals surface area contributed by atoms with E-state index in [4.69, 9.17) is 0 Å². The van der Waals surface area contributed by atoms with Gasteiger partial charge in [-0.2, -0.15) is 0 Å². The van der Waals surface area contributed by atoms with Gasteiger partial charge in [0.25, 0.3) is 0 Å². The zero-order valence-electron chi connectivity index (χ0n) is 14.2. The molecular weight excluding hydrogens is 274 g/mol. The maximum atomic E-state index is 12.1. The Balaban J connectivity index is 1.82. The van der Waals surface area contributed by atoms with Crippen LogP contribution in [0.5, 0.6) is 0 Å². The van der Waals surface area contributed by atoms with Gasteiger partial charge in [-0.05, 0) is 37.5 Å². The standard InChI is InChI=1S/C18H29N3O/c1-4-5-6-9-19-18(22)21-12-10-20(11-13-21)17-14-15(2)7-8-16(17)3/h7-8,14H,4-6,9-13H2,1-3H3,(H,19,22). The van der Waals surface area contributed by atoms with E-state index in [0.717, 1.165) is 39.1 Å². The normalized spacial score (nSPS) is 15.0. The van der Waals surface area contributed by atoms with Gasteiger partial charge in [-0.25, -0.2) is 4.79 Å². The summed E-state index contributed by atoms with van der Waals surface area (Å²) in [6.45, 7) is 10.7. The molecular formula is C18H29N3O. The van der Waals surface area contributed by atoms with Gasteiger partial charge in [-0.1, -0.05) is 31.9 Å². The predicted molar refractivity (Wildman–Crippen MR) is 92.6 cm³/mol. The Hall–Kier alpha value is -1.71. The van der Waals surface area contributed by atoms with Crippen molar-refractivity contribution in [1.29, 1.82) is 0 Å². The van der Waals surface area contributed by atoms with Crippen LogP contribution >= 0.6 is 0 Å². The van der Waals surface area contributed by atoms with E-state index in [1.165, 1.54) is 29.7 Å². The smallest absolute Gasteiger partial charge is 0.317 e. The van der Waals surface area contributed by atoms with Crippen molar-refractivity contribution in [2.75, 3.05) is 37.6 Å². The van der Waals surface area contributed by atoms with E-state index in [1.807, 2.05) is 4.90 Å². The summed E-state index contributed by atoms with van der Waals surface area (Å²) >= 11 is 0. The molecule has 0 spiro atoms. The van der Waals surface area contributed by atoms with Crippen LogP contribution in [0.15, 0.2) is 18.2 Å². The molecule has 1 aromatic carbocycles. The van der Waals surface area contributed by atoms with Crippen LogP contribution in [-0.2, 0) is 0 Å². The second-order valence-corrected chi connectivity index (χ2v) is 6.20. The number of carbonyl (C=O) groups excluding carboxylic acids is 1. The number of carbonyl (C=O) groups is 1.